The Morgan fingerprint density at radius 3 is 2.70 bits per heavy atom. The van der Waals surface area contributed by atoms with E-state index < -0.39 is 9.84 Å². The van der Waals surface area contributed by atoms with Gasteiger partial charge in [-0.25, -0.2) is 8.42 Å². The largest absolute Gasteiger partial charge is 0.379 e. The lowest BCUT2D eigenvalue weighted by Gasteiger charge is -2.22. The van der Waals surface area contributed by atoms with Gasteiger partial charge < -0.3 is 19.5 Å². The first kappa shape index (κ1) is 20.0. The molecule has 1 aromatic heterocycles. The summed E-state index contributed by atoms with van der Waals surface area (Å²) in [5, 5.41) is 3.19. The fourth-order valence-corrected chi connectivity index (χ4v) is 2.97. The maximum atomic E-state index is 11.0. The van der Waals surface area contributed by atoms with Crippen LogP contribution >= 0.6 is 15.9 Å². The molecule has 7 nitrogen and oxygen atoms in total. The highest BCUT2D eigenvalue weighted by atomic mass is 79.9. The van der Waals surface area contributed by atoms with Crippen molar-refractivity contribution in [3.63, 3.8) is 0 Å². The molecular formula is C14H25BrN4O3S. The Labute approximate surface area is 146 Å². The standard InChI is InChI=1S/C14H25BrN4O3S/c1-16-14(17-5-6-22-7-8-23(4,20)21)19(3)11-13-9-12(15)10-18(13)2/h9-10H,5-8,11H2,1-4H3,(H,16,17). The van der Waals surface area contributed by atoms with E-state index in [-0.39, 0.29) is 12.4 Å². The first-order chi connectivity index (χ1) is 10.7. The van der Waals surface area contributed by atoms with E-state index in [1.54, 1.807) is 7.05 Å². The summed E-state index contributed by atoms with van der Waals surface area (Å²) in [5.74, 6) is 0.804. The average molecular weight is 409 g/mol. The second-order valence-electron chi connectivity index (χ2n) is 5.33. The molecule has 23 heavy (non-hydrogen) atoms. The number of rotatable bonds is 8. The SMILES string of the molecule is CN=C(NCCOCCS(C)(=O)=O)N(C)Cc1cc(Br)cn1C. The molecule has 132 valence electrons. The third kappa shape index (κ3) is 7.85. The number of hydrogen-bond donors (Lipinski definition) is 1. The molecule has 0 radical (unpaired) electrons. The van der Waals surface area contributed by atoms with E-state index in [9.17, 15) is 8.42 Å². The molecule has 0 spiro atoms. The Hall–Kier alpha value is -1.06. The number of sulfone groups is 1. The Kier molecular flexibility index (Phi) is 8.07. The summed E-state index contributed by atoms with van der Waals surface area (Å²) < 4.78 is 30.4. The van der Waals surface area contributed by atoms with Crippen LogP contribution in [-0.2, 0) is 28.2 Å². The summed E-state index contributed by atoms with van der Waals surface area (Å²) in [6.45, 7) is 1.93. The second-order valence-corrected chi connectivity index (χ2v) is 8.51. The molecule has 0 saturated carbocycles. The highest BCUT2D eigenvalue weighted by Gasteiger charge is 2.09. The monoisotopic (exact) mass is 408 g/mol. The van der Waals surface area contributed by atoms with Crippen LogP contribution in [0.2, 0.25) is 0 Å². The molecule has 1 aromatic rings. The molecule has 1 rings (SSSR count). The Bertz CT molecular complexity index is 628. The molecule has 1 N–H and O–H groups in total. The fraction of sp³-hybridized carbons (Fsp3) is 0.643. The molecule has 9 heteroatoms. The minimum Gasteiger partial charge on any atom is -0.379 e. The van der Waals surface area contributed by atoms with E-state index in [1.165, 1.54) is 6.26 Å². The molecule has 0 unspecified atom stereocenters. The van der Waals surface area contributed by atoms with Crippen molar-refractivity contribution < 1.29 is 13.2 Å². The van der Waals surface area contributed by atoms with Crippen molar-refractivity contribution in [3.8, 4) is 0 Å². The van der Waals surface area contributed by atoms with Crippen molar-refractivity contribution in [1.29, 1.82) is 0 Å². The number of guanidine groups is 1. The number of aliphatic imine (C=N–C) groups is 1. The van der Waals surface area contributed by atoms with Crippen molar-refractivity contribution in [2.24, 2.45) is 12.0 Å². The molecule has 1 heterocycles. The first-order valence-electron chi connectivity index (χ1n) is 7.21. The van der Waals surface area contributed by atoms with E-state index in [2.05, 4.69) is 36.9 Å². The van der Waals surface area contributed by atoms with Gasteiger partial charge in [-0.2, -0.15) is 0 Å². The van der Waals surface area contributed by atoms with E-state index in [4.69, 9.17) is 4.74 Å². The molecule has 0 atom stereocenters. The zero-order chi connectivity index (χ0) is 17.5. The van der Waals surface area contributed by atoms with Crippen LogP contribution in [0.25, 0.3) is 0 Å². The Morgan fingerprint density at radius 2 is 2.17 bits per heavy atom. The maximum Gasteiger partial charge on any atom is 0.193 e. The number of nitrogens with zero attached hydrogens (tertiary/aromatic N) is 3. The van der Waals surface area contributed by atoms with Crippen LogP contribution in [0, 0.1) is 0 Å². The zero-order valence-corrected chi connectivity index (χ0v) is 16.4. The molecular weight excluding hydrogens is 384 g/mol. The van der Waals surface area contributed by atoms with E-state index in [1.807, 2.05) is 25.2 Å². The number of hydrogen-bond acceptors (Lipinski definition) is 4. The van der Waals surface area contributed by atoms with Crippen LogP contribution in [0.5, 0.6) is 0 Å². The molecule has 0 aromatic carbocycles. The van der Waals surface area contributed by atoms with Gasteiger partial charge >= 0.3 is 0 Å². The second kappa shape index (κ2) is 9.29. The normalized spacial score (nSPS) is 12.5. The molecule has 0 bridgehead atoms. The lowest BCUT2D eigenvalue weighted by Crippen LogP contribution is -2.40. The van der Waals surface area contributed by atoms with Crippen LogP contribution < -0.4 is 5.32 Å². The highest BCUT2D eigenvalue weighted by Crippen LogP contribution is 2.14. The first-order valence-corrected chi connectivity index (χ1v) is 10.1. The van der Waals surface area contributed by atoms with Gasteiger partial charge in [-0.1, -0.05) is 0 Å². The predicted molar refractivity (Wildman–Crippen MR) is 96.5 cm³/mol. The van der Waals surface area contributed by atoms with Gasteiger partial charge in [0, 0.05) is 50.3 Å². The predicted octanol–water partition coefficient (Wildman–Crippen LogP) is 0.856. The van der Waals surface area contributed by atoms with Crippen LogP contribution in [0.1, 0.15) is 5.69 Å². The van der Waals surface area contributed by atoms with Crippen molar-refractivity contribution in [2.75, 3.05) is 45.9 Å². The highest BCUT2D eigenvalue weighted by molar-refractivity contribution is 9.10. The van der Waals surface area contributed by atoms with Gasteiger partial charge in [-0.05, 0) is 22.0 Å². The maximum absolute atomic E-state index is 11.0. The number of nitrogens with one attached hydrogen (secondary N) is 1. The van der Waals surface area contributed by atoms with Gasteiger partial charge in [0.15, 0.2) is 5.96 Å². The molecule has 0 fully saturated rings. The summed E-state index contributed by atoms with van der Waals surface area (Å²) in [6, 6.07) is 2.07. The smallest absolute Gasteiger partial charge is 0.193 e. The molecule has 0 aliphatic rings. The van der Waals surface area contributed by atoms with Gasteiger partial charge in [0.05, 0.1) is 25.5 Å². The van der Waals surface area contributed by atoms with Gasteiger partial charge in [-0.3, -0.25) is 4.99 Å². The number of halogens is 1. The van der Waals surface area contributed by atoms with Crippen LogP contribution in [-0.4, -0.2) is 69.7 Å². The van der Waals surface area contributed by atoms with Crippen LogP contribution in [0.4, 0.5) is 0 Å². The lowest BCUT2D eigenvalue weighted by molar-refractivity contribution is 0.153. The third-order valence-corrected chi connectivity index (χ3v) is 4.52. The number of aromatic nitrogens is 1. The minimum atomic E-state index is -2.97. The van der Waals surface area contributed by atoms with Crippen molar-refractivity contribution >= 4 is 31.7 Å². The van der Waals surface area contributed by atoms with E-state index in [0.29, 0.717) is 13.2 Å². The van der Waals surface area contributed by atoms with E-state index >= 15 is 0 Å². The van der Waals surface area contributed by atoms with Gasteiger partial charge in [0.25, 0.3) is 0 Å². The molecule has 0 saturated heterocycles. The average Bonchev–Trinajstić information content (AvgIpc) is 2.74. The van der Waals surface area contributed by atoms with Crippen molar-refractivity contribution in [3.05, 3.63) is 22.4 Å². The summed E-state index contributed by atoms with van der Waals surface area (Å²) in [6.07, 6.45) is 3.21. The molecule has 0 aliphatic heterocycles. The zero-order valence-electron chi connectivity index (χ0n) is 14.0. The van der Waals surface area contributed by atoms with Crippen LogP contribution in [0.3, 0.4) is 0 Å². The quantitative estimate of drug-likeness (QED) is 0.392. The van der Waals surface area contributed by atoms with Gasteiger partial charge in [0.2, 0.25) is 0 Å². The number of aryl methyl sites for hydroxylation is 1. The Balaban J connectivity index is 2.35. The van der Waals surface area contributed by atoms with Gasteiger partial charge in [-0.15, -0.1) is 0 Å². The summed E-state index contributed by atoms with van der Waals surface area (Å²) >= 11 is 3.46. The fourth-order valence-electron chi connectivity index (χ4n) is 1.97. The van der Waals surface area contributed by atoms with E-state index in [0.717, 1.165) is 22.7 Å². The lowest BCUT2D eigenvalue weighted by atomic mass is 10.4. The summed E-state index contributed by atoms with van der Waals surface area (Å²) in [5.41, 5.74) is 1.16. The van der Waals surface area contributed by atoms with Crippen LogP contribution in [0.15, 0.2) is 21.7 Å². The third-order valence-electron chi connectivity index (χ3n) is 3.18. The number of ether oxygens (including phenoxy) is 1. The minimum absolute atomic E-state index is 0.0456. The molecule has 0 amide bonds. The van der Waals surface area contributed by atoms with Crippen molar-refractivity contribution in [1.82, 2.24) is 14.8 Å². The van der Waals surface area contributed by atoms with Crippen molar-refractivity contribution in [2.45, 2.75) is 6.54 Å². The topological polar surface area (TPSA) is 75.9 Å². The van der Waals surface area contributed by atoms with Gasteiger partial charge in [0.1, 0.15) is 9.84 Å². The summed E-state index contributed by atoms with van der Waals surface area (Å²) in [4.78, 5) is 6.25. The molecule has 0 aliphatic carbocycles. The Morgan fingerprint density at radius 1 is 1.48 bits per heavy atom. The summed E-state index contributed by atoms with van der Waals surface area (Å²) in [7, 11) is 2.72.